The van der Waals surface area contributed by atoms with Gasteiger partial charge in [0, 0.05) is 6.92 Å². The lowest BCUT2D eigenvalue weighted by Crippen LogP contribution is -2.04. The van der Waals surface area contributed by atoms with Gasteiger partial charge in [0.1, 0.15) is 6.11 Å². The average molecular weight is 102 g/mol. The molecule has 0 bridgehead atoms. The van der Waals surface area contributed by atoms with Crippen LogP contribution in [0, 0.1) is 12.0 Å². The molecule has 40 valence electrons. The van der Waals surface area contributed by atoms with Gasteiger partial charge >= 0.3 is 6.48 Å². The van der Waals surface area contributed by atoms with E-state index in [1.54, 1.807) is 0 Å². The first kappa shape index (κ1) is 6.28. The fraction of sp³-hybridized carbons (Fsp3) is 0.500. The molecule has 0 rings (SSSR count). The number of hydrogen-bond acceptors (Lipinski definition) is 3. The molecule has 7 heavy (non-hydrogen) atoms. The van der Waals surface area contributed by atoms with Gasteiger partial charge in [0.15, 0.2) is 0 Å². The molecule has 0 atom stereocenters. The minimum Gasteiger partial charge on any atom is -0.390 e. The number of ether oxygens (including phenoxy) is 1. The van der Waals surface area contributed by atoms with E-state index in [-0.39, 0.29) is 0 Å². The van der Waals surface area contributed by atoms with E-state index in [2.05, 4.69) is 10.7 Å². The van der Waals surface area contributed by atoms with Crippen molar-refractivity contribution in [2.24, 2.45) is 0 Å². The van der Waals surface area contributed by atoms with Crippen molar-refractivity contribution in [2.75, 3.05) is 0 Å². The Labute approximate surface area is 41.5 Å². The second-order valence-corrected chi connectivity index (χ2v) is 0.796. The summed E-state index contributed by atoms with van der Waals surface area (Å²) in [6, 6.07) is 0. The minimum absolute atomic E-state index is 1.53. The predicted molar refractivity (Wildman–Crippen MR) is 22.8 cm³/mol. The number of hydrogen-bond donors (Lipinski definition) is 2. The van der Waals surface area contributed by atoms with Crippen molar-refractivity contribution in [1.29, 1.82) is 0 Å². The van der Waals surface area contributed by atoms with Crippen LogP contribution in [-0.4, -0.2) is 16.7 Å². The molecular formula is C4H6O3. The molecule has 0 saturated heterocycles. The molecular weight excluding hydrogens is 96.0 g/mol. The third-order valence-electron chi connectivity index (χ3n) is 0.266. The topological polar surface area (TPSA) is 49.7 Å². The average Bonchev–Trinajstić information content (AvgIpc) is 1.61. The Balaban J connectivity index is 3.08. The largest absolute Gasteiger partial charge is 0.390 e. The van der Waals surface area contributed by atoms with Crippen LogP contribution < -0.4 is 0 Å². The highest BCUT2D eigenvalue weighted by atomic mass is 16.7. The summed E-state index contributed by atoms with van der Waals surface area (Å²) >= 11 is 0. The van der Waals surface area contributed by atoms with Crippen LogP contribution in [0.25, 0.3) is 0 Å². The lowest BCUT2D eigenvalue weighted by Gasteiger charge is -1.94. The third-order valence-corrected chi connectivity index (χ3v) is 0.266. The van der Waals surface area contributed by atoms with E-state index in [4.69, 9.17) is 10.2 Å². The minimum atomic E-state index is -1.77. The van der Waals surface area contributed by atoms with Gasteiger partial charge in [0.05, 0.1) is 0 Å². The summed E-state index contributed by atoms with van der Waals surface area (Å²) in [6.07, 6.45) is 2.00. The lowest BCUT2D eigenvalue weighted by atomic mass is 10.8. The summed E-state index contributed by atoms with van der Waals surface area (Å²) in [5, 5.41) is 15.8. The first-order valence-electron chi connectivity index (χ1n) is 1.71. The number of rotatable bonds is 1. The summed E-state index contributed by atoms with van der Waals surface area (Å²) in [6.45, 7) is -0.241. The Morgan fingerprint density at radius 3 is 2.29 bits per heavy atom. The van der Waals surface area contributed by atoms with Crippen LogP contribution in [0.15, 0.2) is 0 Å². The summed E-state index contributed by atoms with van der Waals surface area (Å²) in [5.41, 5.74) is 0. The van der Waals surface area contributed by atoms with Gasteiger partial charge in [0.2, 0.25) is 0 Å². The van der Waals surface area contributed by atoms with Gasteiger partial charge in [-0.1, -0.05) is 5.92 Å². The van der Waals surface area contributed by atoms with Crippen molar-refractivity contribution in [1.82, 2.24) is 0 Å². The monoisotopic (exact) mass is 102 g/mol. The summed E-state index contributed by atoms with van der Waals surface area (Å²) in [7, 11) is 0. The molecule has 0 aromatic carbocycles. The van der Waals surface area contributed by atoms with E-state index in [1.165, 1.54) is 6.92 Å². The quantitative estimate of drug-likeness (QED) is 0.338. The second-order valence-electron chi connectivity index (χ2n) is 0.796. The number of aliphatic hydroxyl groups is 2. The Morgan fingerprint density at radius 1 is 1.57 bits per heavy atom. The molecule has 0 aliphatic carbocycles. The van der Waals surface area contributed by atoms with Gasteiger partial charge < -0.3 is 14.9 Å². The highest BCUT2D eigenvalue weighted by Gasteiger charge is 1.86. The third kappa shape index (κ3) is 5.28. The van der Waals surface area contributed by atoms with Gasteiger partial charge in [-0.2, -0.15) is 0 Å². The van der Waals surface area contributed by atoms with Gasteiger partial charge in [-0.3, -0.25) is 0 Å². The molecule has 0 saturated carbocycles. The van der Waals surface area contributed by atoms with Crippen molar-refractivity contribution in [2.45, 2.75) is 13.4 Å². The molecule has 3 heteroatoms. The molecule has 0 aliphatic rings. The molecule has 3 nitrogen and oxygen atoms in total. The molecule has 2 N–H and O–H groups in total. The van der Waals surface area contributed by atoms with Crippen molar-refractivity contribution in [3.63, 3.8) is 0 Å². The van der Waals surface area contributed by atoms with Crippen LogP contribution in [-0.2, 0) is 4.74 Å². The summed E-state index contributed by atoms with van der Waals surface area (Å²) in [4.78, 5) is 0. The first-order valence-corrected chi connectivity index (χ1v) is 1.71. The molecule has 0 aromatic heterocycles. The van der Waals surface area contributed by atoms with Gasteiger partial charge in [-0.25, -0.2) is 0 Å². The van der Waals surface area contributed by atoms with Crippen LogP contribution >= 0.6 is 0 Å². The molecule has 0 radical (unpaired) electrons. The molecule has 0 amide bonds. The van der Waals surface area contributed by atoms with Crippen LogP contribution in [0.4, 0.5) is 0 Å². The highest BCUT2D eigenvalue weighted by molar-refractivity contribution is 4.84. The Bertz CT molecular complexity index is 86.8. The maximum atomic E-state index is 7.91. The zero-order valence-corrected chi connectivity index (χ0v) is 3.88. The van der Waals surface area contributed by atoms with E-state index in [9.17, 15) is 0 Å². The lowest BCUT2D eigenvalue weighted by molar-refractivity contribution is -0.196. The highest BCUT2D eigenvalue weighted by Crippen LogP contribution is 1.72. The van der Waals surface area contributed by atoms with Gasteiger partial charge in [-0.05, 0) is 0 Å². The number of aliphatic hydroxyl groups excluding tert-OH is 1. The van der Waals surface area contributed by atoms with Crippen molar-refractivity contribution in [3.8, 4) is 12.0 Å². The zero-order valence-electron chi connectivity index (χ0n) is 3.88. The standard InChI is InChI=1S/C4H6O3/c1-2-3-7-4(5)6/h4-6H,1H3. The van der Waals surface area contributed by atoms with Crippen LogP contribution in [0.3, 0.4) is 0 Å². The SMILES string of the molecule is CC#COC(O)O. The van der Waals surface area contributed by atoms with Crippen LogP contribution in [0.5, 0.6) is 0 Å². The zero-order chi connectivity index (χ0) is 5.70. The predicted octanol–water partition coefficient (Wildman–Crippen LogP) is -0.748. The van der Waals surface area contributed by atoms with Gasteiger partial charge in [0.25, 0.3) is 0 Å². The molecule has 0 aliphatic heterocycles. The maximum Gasteiger partial charge on any atom is 0.320 e. The fourth-order valence-corrected chi connectivity index (χ4v) is 0.112. The Morgan fingerprint density at radius 2 is 2.14 bits per heavy atom. The Kier molecular flexibility index (Phi) is 3.11. The molecule has 0 heterocycles. The molecule has 0 fully saturated rings. The van der Waals surface area contributed by atoms with E-state index in [1.807, 2.05) is 6.11 Å². The first-order chi connectivity index (χ1) is 3.27. The molecule has 0 unspecified atom stereocenters. The van der Waals surface area contributed by atoms with Crippen molar-refractivity contribution >= 4 is 0 Å². The Hall–Kier alpha value is -0.720. The summed E-state index contributed by atoms with van der Waals surface area (Å²) in [5.74, 6) is 2.31. The van der Waals surface area contributed by atoms with Crippen LogP contribution in [0.2, 0.25) is 0 Å². The van der Waals surface area contributed by atoms with E-state index in [0.717, 1.165) is 0 Å². The van der Waals surface area contributed by atoms with Crippen molar-refractivity contribution in [3.05, 3.63) is 0 Å². The van der Waals surface area contributed by atoms with E-state index >= 15 is 0 Å². The molecule has 0 aromatic rings. The second kappa shape index (κ2) is 3.47. The maximum absolute atomic E-state index is 7.91. The normalized spacial score (nSPS) is 7.43. The molecule has 0 spiro atoms. The fourth-order valence-electron chi connectivity index (χ4n) is 0.112. The van der Waals surface area contributed by atoms with Crippen LogP contribution in [0.1, 0.15) is 6.92 Å². The van der Waals surface area contributed by atoms with Crippen molar-refractivity contribution < 1.29 is 14.9 Å². The van der Waals surface area contributed by atoms with E-state index in [0.29, 0.717) is 0 Å². The van der Waals surface area contributed by atoms with Gasteiger partial charge in [-0.15, -0.1) is 0 Å². The van der Waals surface area contributed by atoms with E-state index < -0.39 is 6.48 Å². The summed E-state index contributed by atoms with van der Waals surface area (Å²) < 4.78 is 3.94. The smallest absolute Gasteiger partial charge is 0.320 e.